The van der Waals surface area contributed by atoms with Crippen molar-refractivity contribution in [2.75, 3.05) is 26.2 Å². The van der Waals surface area contributed by atoms with E-state index in [-0.39, 0.29) is 17.6 Å². The second-order valence-corrected chi connectivity index (χ2v) is 5.10. The Kier molecular flexibility index (Phi) is 5.27. The molecule has 2 amide bonds. The molecule has 1 fully saturated rings. The topological polar surface area (TPSA) is 61.4 Å². The minimum atomic E-state index is -0.454. The molecule has 1 heterocycles. The molecule has 0 aliphatic carbocycles. The van der Waals surface area contributed by atoms with E-state index in [0.717, 1.165) is 5.56 Å². The zero-order valence-electron chi connectivity index (χ0n) is 12.1. The fourth-order valence-electron chi connectivity index (χ4n) is 2.41. The van der Waals surface area contributed by atoms with Crippen molar-refractivity contribution in [3.05, 3.63) is 35.6 Å². The quantitative estimate of drug-likeness (QED) is 0.839. The molecular formula is C15H20FN3O2. The Hall–Kier alpha value is -1.95. The Morgan fingerprint density at radius 3 is 2.76 bits per heavy atom. The number of piperazine rings is 1. The van der Waals surface area contributed by atoms with E-state index in [0.29, 0.717) is 32.6 Å². The van der Waals surface area contributed by atoms with Gasteiger partial charge in [-0.1, -0.05) is 12.1 Å². The van der Waals surface area contributed by atoms with E-state index in [9.17, 15) is 14.0 Å². The van der Waals surface area contributed by atoms with Crippen LogP contribution in [0.3, 0.4) is 0 Å². The molecule has 1 aliphatic rings. The average Bonchev–Trinajstić information content (AvgIpc) is 2.49. The highest BCUT2D eigenvalue weighted by molar-refractivity contribution is 5.87. The Bertz CT molecular complexity index is 504. The summed E-state index contributed by atoms with van der Waals surface area (Å²) in [5.41, 5.74) is 0.960. The zero-order chi connectivity index (χ0) is 15.2. The van der Waals surface area contributed by atoms with Crippen LogP contribution in [0.5, 0.6) is 0 Å². The van der Waals surface area contributed by atoms with Gasteiger partial charge in [-0.05, 0) is 24.1 Å². The lowest BCUT2D eigenvalue weighted by Gasteiger charge is -2.34. The van der Waals surface area contributed by atoms with Gasteiger partial charge in [0.15, 0.2) is 0 Å². The fourth-order valence-corrected chi connectivity index (χ4v) is 2.41. The number of halogens is 1. The van der Waals surface area contributed by atoms with Crippen molar-refractivity contribution in [3.63, 3.8) is 0 Å². The Balaban J connectivity index is 1.83. The van der Waals surface area contributed by atoms with E-state index >= 15 is 0 Å². The third-order valence-corrected chi connectivity index (χ3v) is 3.58. The summed E-state index contributed by atoms with van der Waals surface area (Å²) >= 11 is 0. The number of carbonyl (C=O) groups excluding carboxylic acids is 2. The van der Waals surface area contributed by atoms with Crippen molar-refractivity contribution in [3.8, 4) is 0 Å². The van der Waals surface area contributed by atoms with Gasteiger partial charge < -0.3 is 15.5 Å². The summed E-state index contributed by atoms with van der Waals surface area (Å²) in [4.78, 5) is 25.3. The lowest BCUT2D eigenvalue weighted by atomic mass is 10.1. The molecule has 2 N–H and O–H groups in total. The third kappa shape index (κ3) is 4.26. The monoisotopic (exact) mass is 293 g/mol. The van der Waals surface area contributed by atoms with Crippen molar-refractivity contribution < 1.29 is 14.0 Å². The lowest BCUT2D eigenvalue weighted by molar-refractivity contribution is -0.139. The van der Waals surface area contributed by atoms with Crippen molar-refractivity contribution in [1.29, 1.82) is 0 Å². The van der Waals surface area contributed by atoms with Crippen LogP contribution in [0.25, 0.3) is 0 Å². The summed E-state index contributed by atoms with van der Waals surface area (Å²) in [5.74, 6) is -0.511. The van der Waals surface area contributed by atoms with E-state index in [4.69, 9.17) is 0 Å². The highest BCUT2D eigenvalue weighted by atomic mass is 19.1. The predicted molar refractivity (Wildman–Crippen MR) is 77.2 cm³/mol. The van der Waals surface area contributed by atoms with Gasteiger partial charge in [-0.3, -0.25) is 9.59 Å². The van der Waals surface area contributed by atoms with Gasteiger partial charge >= 0.3 is 0 Å². The molecule has 1 aliphatic heterocycles. The molecule has 1 aromatic carbocycles. The number of nitrogens with one attached hydrogen (secondary N) is 2. The second kappa shape index (κ2) is 7.17. The van der Waals surface area contributed by atoms with E-state index < -0.39 is 6.04 Å². The maximum Gasteiger partial charge on any atom is 0.244 e. The fraction of sp³-hybridized carbons (Fsp3) is 0.467. The molecule has 21 heavy (non-hydrogen) atoms. The summed E-state index contributed by atoms with van der Waals surface area (Å²) in [6.07, 6.45) is 0.631. The summed E-state index contributed by atoms with van der Waals surface area (Å²) in [6, 6.07) is 5.75. The van der Waals surface area contributed by atoms with E-state index in [1.807, 2.05) is 0 Å². The predicted octanol–water partition coefficient (Wildman–Crippen LogP) is 0.305. The SMILES string of the molecule is CC(=O)N1CCNC[C@@H]1C(=O)NCCc1ccc(F)cc1. The minimum absolute atomic E-state index is 0.0878. The van der Waals surface area contributed by atoms with Gasteiger partial charge in [0.25, 0.3) is 0 Å². The van der Waals surface area contributed by atoms with E-state index in [1.54, 1.807) is 17.0 Å². The molecule has 2 rings (SSSR count). The largest absolute Gasteiger partial charge is 0.354 e. The molecule has 1 atom stereocenters. The molecule has 1 aromatic rings. The molecular weight excluding hydrogens is 273 g/mol. The van der Waals surface area contributed by atoms with Crippen molar-refractivity contribution in [2.24, 2.45) is 0 Å². The molecule has 5 nitrogen and oxygen atoms in total. The highest BCUT2D eigenvalue weighted by Gasteiger charge is 2.29. The number of amides is 2. The summed E-state index contributed by atoms with van der Waals surface area (Å²) in [5, 5.41) is 5.95. The number of hydrogen-bond acceptors (Lipinski definition) is 3. The number of nitrogens with zero attached hydrogens (tertiary/aromatic N) is 1. The first-order chi connectivity index (χ1) is 10.1. The van der Waals surface area contributed by atoms with Crippen LogP contribution in [0, 0.1) is 5.82 Å². The second-order valence-electron chi connectivity index (χ2n) is 5.10. The van der Waals surface area contributed by atoms with Crippen LogP contribution in [0.4, 0.5) is 4.39 Å². The smallest absolute Gasteiger partial charge is 0.244 e. The summed E-state index contributed by atoms with van der Waals surface area (Å²) < 4.78 is 12.8. The first kappa shape index (κ1) is 15.4. The highest BCUT2D eigenvalue weighted by Crippen LogP contribution is 2.05. The van der Waals surface area contributed by atoms with Crippen molar-refractivity contribution in [2.45, 2.75) is 19.4 Å². The van der Waals surface area contributed by atoms with E-state index in [2.05, 4.69) is 10.6 Å². The van der Waals surface area contributed by atoms with Crippen LogP contribution in [0.1, 0.15) is 12.5 Å². The number of carbonyl (C=O) groups is 2. The van der Waals surface area contributed by atoms with Gasteiger partial charge in [-0.2, -0.15) is 0 Å². The van der Waals surface area contributed by atoms with Crippen LogP contribution >= 0.6 is 0 Å². The summed E-state index contributed by atoms with van der Waals surface area (Å²) in [7, 11) is 0. The van der Waals surface area contributed by atoms with Crippen molar-refractivity contribution in [1.82, 2.24) is 15.5 Å². The first-order valence-electron chi connectivity index (χ1n) is 7.08. The van der Waals surface area contributed by atoms with Gasteiger partial charge in [-0.25, -0.2) is 4.39 Å². The first-order valence-corrected chi connectivity index (χ1v) is 7.08. The Morgan fingerprint density at radius 1 is 1.38 bits per heavy atom. The molecule has 114 valence electrons. The molecule has 1 saturated heterocycles. The normalized spacial score (nSPS) is 18.4. The molecule has 0 unspecified atom stereocenters. The molecule has 0 radical (unpaired) electrons. The van der Waals surface area contributed by atoms with Gasteiger partial charge in [-0.15, -0.1) is 0 Å². The standard InChI is InChI=1S/C15H20FN3O2/c1-11(20)19-9-8-17-10-14(19)15(21)18-7-6-12-2-4-13(16)5-3-12/h2-5,14,17H,6-10H2,1H3,(H,18,21)/t14-/m1/s1. The van der Waals surface area contributed by atoms with Crippen LogP contribution < -0.4 is 10.6 Å². The van der Waals surface area contributed by atoms with Gasteiger partial charge in [0.2, 0.25) is 11.8 Å². The van der Waals surface area contributed by atoms with E-state index in [1.165, 1.54) is 19.1 Å². The number of hydrogen-bond donors (Lipinski definition) is 2. The molecule has 0 bridgehead atoms. The van der Waals surface area contributed by atoms with Crippen LogP contribution in [-0.4, -0.2) is 48.9 Å². The number of benzene rings is 1. The lowest BCUT2D eigenvalue weighted by Crippen LogP contribution is -2.59. The molecule has 6 heteroatoms. The third-order valence-electron chi connectivity index (χ3n) is 3.58. The van der Waals surface area contributed by atoms with Crippen molar-refractivity contribution >= 4 is 11.8 Å². The van der Waals surface area contributed by atoms with Crippen LogP contribution in [0.15, 0.2) is 24.3 Å². The van der Waals surface area contributed by atoms with Gasteiger partial charge in [0, 0.05) is 33.1 Å². The van der Waals surface area contributed by atoms with Crippen LogP contribution in [-0.2, 0) is 16.0 Å². The summed E-state index contributed by atoms with van der Waals surface area (Å²) in [6.45, 7) is 3.67. The van der Waals surface area contributed by atoms with Gasteiger partial charge in [0.05, 0.1) is 0 Å². The van der Waals surface area contributed by atoms with Gasteiger partial charge in [0.1, 0.15) is 11.9 Å². The minimum Gasteiger partial charge on any atom is -0.354 e. The Morgan fingerprint density at radius 2 is 2.10 bits per heavy atom. The molecule has 0 spiro atoms. The molecule has 0 aromatic heterocycles. The maximum absolute atomic E-state index is 12.8. The average molecular weight is 293 g/mol. The molecule has 0 saturated carbocycles. The maximum atomic E-state index is 12.8. The number of rotatable bonds is 4. The zero-order valence-corrected chi connectivity index (χ0v) is 12.1. The Labute approximate surface area is 123 Å². The van der Waals surface area contributed by atoms with Crippen LogP contribution in [0.2, 0.25) is 0 Å².